The highest BCUT2D eigenvalue weighted by molar-refractivity contribution is 6.36. The van der Waals surface area contributed by atoms with Crippen LogP contribution in [-0.2, 0) is 4.79 Å². The summed E-state index contributed by atoms with van der Waals surface area (Å²) < 4.78 is 0. The van der Waals surface area contributed by atoms with Gasteiger partial charge in [-0.25, -0.2) is 0 Å². The monoisotopic (exact) mass is 345 g/mol. The van der Waals surface area contributed by atoms with Crippen LogP contribution in [-0.4, -0.2) is 28.3 Å². The molecule has 1 aromatic rings. The van der Waals surface area contributed by atoms with Gasteiger partial charge < -0.3 is 15.5 Å². The first-order valence-corrected chi connectivity index (χ1v) is 8.26. The Morgan fingerprint density at radius 2 is 1.77 bits per heavy atom. The van der Waals surface area contributed by atoms with Crippen molar-refractivity contribution in [3.63, 3.8) is 0 Å². The van der Waals surface area contributed by atoms with Crippen molar-refractivity contribution in [2.75, 3.05) is 0 Å². The first kappa shape index (κ1) is 17.5. The number of halogens is 2. The van der Waals surface area contributed by atoms with Crippen molar-refractivity contribution in [2.45, 2.75) is 50.8 Å². The van der Waals surface area contributed by atoms with E-state index >= 15 is 0 Å². The number of nitrogens with one attached hydrogen (secondary N) is 1. The third-order valence-electron chi connectivity index (χ3n) is 4.34. The van der Waals surface area contributed by atoms with E-state index in [1.807, 2.05) is 6.92 Å². The van der Waals surface area contributed by atoms with Gasteiger partial charge in [0.2, 0.25) is 0 Å². The normalized spacial score (nSPS) is 24.7. The third-order valence-corrected chi connectivity index (χ3v) is 5.00. The SMILES string of the molecule is CC(NC1CCC(C(=O)O)CC1)C(O)c1c(Cl)cccc1Cl. The van der Waals surface area contributed by atoms with E-state index in [9.17, 15) is 9.90 Å². The van der Waals surface area contributed by atoms with Gasteiger partial charge in [0, 0.05) is 27.7 Å². The molecule has 0 amide bonds. The summed E-state index contributed by atoms with van der Waals surface area (Å²) in [4.78, 5) is 11.0. The Bertz CT molecular complexity index is 510. The van der Waals surface area contributed by atoms with E-state index in [4.69, 9.17) is 28.3 Å². The van der Waals surface area contributed by atoms with E-state index in [-0.39, 0.29) is 18.0 Å². The van der Waals surface area contributed by atoms with Crippen molar-refractivity contribution < 1.29 is 15.0 Å². The molecule has 2 unspecified atom stereocenters. The van der Waals surface area contributed by atoms with Gasteiger partial charge >= 0.3 is 5.97 Å². The van der Waals surface area contributed by atoms with Crippen LogP contribution in [0.5, 0.6) is 0 Å². The second-order valence-corrected chi connectivity index (χ2v) is 6.74. The van der Waals surface area contributed by atoms with Crippen molar-refractivity contribution in [3.05, 3.63) is 33.8 Å². The lowest BCUT2D eigenvalue weighted by atomic mass is 9.85. The topological polar surface area (TPSA) is 69.6 Å². The fourth-order valence-electron chi connectivity index (χ4n) is 3.01. The molecule has 0 heterocycles. The Labute approximate surface area is 140 Å². The van der Waals surface area contributed by atoms with Crippen molar-refractivity contribution in [1.82, 2.24) is 5.32 Å². The summed E-state index contributed by atoms with van der Waals surface area (Å²) in [6.07, 6.45) is 2.12. The standard InChI is InChI=1S/C16H21Cl2NO3/c1-9(15(20)14-12(17)3-2-4-13(14)18)19-11-7-5-10(6-8-11)16(21)22/h2-4,9-11,15,19-20H,5-8H2,1H3,(H,21,22). The summed E-state index contributed by atoms with van der Waals surface area (Å²) in [5, 5.41) is 23.8. The van der Waals surface area contributed by atoms with Crippen LogP contribution >= 0.6 is 23.2 Å². The molecule has 6 heteroatoms. The molecule has 1 fully saturated rings. The highest BCUT2D eigenvalue weighted by Crippen LogP contribution is 2.33. The number of aliphatic carboxylic acids is 1. The predicted molar refractivity (Wildman–Crippen MR) is 87.4 cm³/mol. The molecule has 0 aromatic heterocycles. The van der Waals surface area contributed by atoms with Crippen LogP contribution in [0.15, 0.2) is 18.2 Å². The first-order valence-electron chi connectivity index (χ1n) is 7.51. The van der Waals surface area contributed by atoms with Crippen LogP contribution in [0.3, 0.4) is 0 Å². The zero-order valence-corrected chi connectivity index (χ0v) is 13.9. The summed E-state index contributed by atoms with van der Waals surface area (Å²) in [7, 11) is 0. The highest BCUT2D eigenvalue weighted by atomic mass is 35.5. The first-order chi connectivity index (χ1) is 10.4. The maximum Gasteiger partial charge on any atom is 0.306 e. The van der Waals surface area contributed by atoms with Gasteiger partial charge in [-0.3, -0.25) is 4.79 Å². The Kier molecular flexibility index (Phi) is 6.09. The van der Waals surface area contributed by atoms with Gasteiger partial charge in [0.1, 0.15) is 0 Å². The number of aliphatic hydroxyl groups excluding tert-OH is 1. The van der Waals surface area contributed by atoms with E-state index in [1.165, 1.54) is 0 Å². The van der Waals surface area contributed by atoms with E-state index < -0.39 is 12.1 Å². The van der Waals surface area contributed by atoms with Crippen LogP contribution < -0.4 is 5.32 Å². The molecule has 0 aliphatic heterocycles. The molecule has 0 bridgehead atoms. The van der Waals surface area contributed by atoms with E-state index in [2.05, 4.69) is 5.32 Å². The molecule has 3 N–H and O–H groups in total. The number of benzene rings is 1. The molecule has 2 rings (SSSR count). The van der Waals surface area contributed by atoms with Gasteiger partial charge in [-0.1, -0.05) is 29.3 Å². The van der Waals surface area contributed by atoms with Crippen LogP contribution in [0, 0.1) is 5.92 Å². The molecular weight excluding hydrogens is 325 g/mol. The zero-order chi connectivity index (χ0) is 16.3. The van der Waals surface area contributed by atoms with Crippen molar-refractivity contribution >= 4 is 29.2 Å². The number of carbonyl (C=O) groups is 1. The molecule has 1 aliphatic carbocycles. The van der Waals surface area contributed by atoms with Gasteiger partial charge in [0.05, 0.1) is 12.0 Å². The zero-order valence-electron chi connectivity index (χ0n) is 12.4. The maximum absolute atomic E-state index is 11.0. The number of hydrogen-bond donors (Lipinski definition) is 3. The minimum atomic E-state index is -0.807. The van der Waals surface area contributed by atoms with E-state index in [1.54, 1.807) is 18.2 Å². The summed E-state index contributed by atoms with van der Waals surface area (Å²) in [6, 6.07) is 5.14. The van der Waals surface area contributed by atoms with Crippen LogP contribution in [0.2, 0.25) is 10.0 Å². The van der Waals surface area contributed by atoms with Crippen LogP contribution in [0.25, 0.3) is 0 Å². The fraction of sp³-hybridized carbons (Fsp3) is 0.562. The highest BCUT2D eigenvalue weighted by Gasteiger charge is 2.29. The molecule has 22 heavy (non-hydrogen) atoms. The number of carboxylic acid groups (broad SMARTS) is 1. The van der Waals surface area contributed by atoms with Gasteiger partial charge in [0.25, 0.3) is 0 Å². The third kappa shape index (κ3) is 4.13. The molecule has 1 aliphatic rings. The van der Waals surface area contributed by atoms with Crippen molar-refractivity contribution in [2.24, 2.45) is 5.92 Å². The lowest BCUT2D eigenvalue weighted by Crippen LogP contribution is -2.42. The van der Waals surface area contributed by atoms with Gasteiger partial charge in [-0.15, -0.1) is 0 Å². The lowest BCUT2D eigenvalue weighted by Gasteiger charge is -2.31. The van der Waals surface area contributed by atoms with Gasteiger partial charge in [0.15, 0.2) is 0 Å². The Balaban J connectivity index is 1.95. The second kappa shape index (κ2) is 7.64. The molecule has 1 aromatic carbocycles. The molecule has 1 saturated carbocycles. The quantitative estimate of drug-likeness (QED) is 0.761. The molecular formula is C16H21Cl2NO3. The summed E-state index contributed by atoms with van der Waals surface area (Å²) in [6.45, 7) is 1.88. The number of rotatable bonds is 5. The largest absolute Gasteiger partial charge is 0.481 e. The van der Waals surface area contributed by atoms with Crippen molar-refractivity contribution in [3.8, 4) is 0 Å². The Morgan fingerprint density at radius 1 is 1.23 bits per heavy atom. The Hall–Kier alpha value is -0.810. The molecule has 4 nitrogen and oxygen atoms in total. The number of hydrogen-bond acceptors (Lipinski definition) is 3. The average Bonchev–Trinajstić information content (AvgIpc) is 2.47. The van der Waals surface area contributed by atoms with Crippen LogP contribution in [0.4, 0.5) is 0 Å². The Morgan fingerprint density at radius 3 is 2.27 bits per heavy atom. The smallest absolute Gasteiger partial charge is 0.306 e. The molecule has 0 radical (unpaired) electrons. The number of aliphatic hydroxyl groups is 1. The van der Waals surface area contributed by atoms with Crippen LogP contribution in [0.1, 0.15) is 44.3 Å². The second-order valence-electron chi connectivity index (χ2n) is 5.92. The molecule has 0 spiro atoms. The number of carboxylic acids is 1. The van der Waals surface area contributed by atoms with Crippen molar-refractivity contribution in [1.29, 1.82) is 0 Å². The lowest BCUT2D eigenvalue weighted by molar-refractivity contribution is -0.142. The fourth-order valence-corrected chi connectivity index (χ4v) is 3.63. The summed E-state index contributed by atoms with van der Waals surface area (Å²) in [5.74, 6) is -0.953. The van der Waals surface area contributed by atoms with E-state index in [0.29, 0.717) is 28.5 Å². The summed E-state index contributed by atoms with van der Waals surface area (Å²) >= 11 is 12.3. The molecule has 122 valence electrons. The van der Waals surface area contributed by atoms with Gasteiger partial charge in [-0.2, -0.15) is 0 Å². The summed E-state index contributed by atoms with van der Waals surface area (Å²) in [5.41, 5.74) is 0.532. The van der Waals surface area contributed by atoms with Gasteiger partial charge in [-0.05, 0) is 44.7 Å². The molecule has 0 saturated heterocycles. The minimum Gasteiger partial charge on any atom is -0.481 e. The van der Waals surface area contributed by atoms with E-state index in [0.717, 1.165) is 12.8 Å². The predicted octanol–water partition coefficient (Wildman–Crippen LogP) is 3.65. The molecule has 2 atom stereocenters. The maximum atomic E-state index is 11.0. The average molecular weight is 346 g/mol. The minimum absolute atomic E-state index is 0.210.